The van der Waals surface area contributed by atoms with Gasteiger partial charge in [0.25, 0.3) is 0 Å². The highest BCUT2D eigenvalue weighted by Crippen LogP contribution is 2.11. The lowest BCUT2D eigenvalue weighted by atomic mass is 10.1. The van der Waals surface area contributed by atoms with Gasteiger partial charge in [0.15, 0.2) is 0 Å². The van der Waals surface area contributed by atoms with Crippen molar-refractivity contribution in [3.63, 3.8) is 0 Å². The molecule has 1 aliphatic rings. The van der Waals surface area contributed by atoms with Crippen LogP contribution in [0, 0.1) is 5.41 Å². The van der Waals surface area contributed by atoms with Crippen LogP contribution in [0.1, 0.15) is 13.3 Å². The topological polar surface area (TPSA) is 36.2 Å². The summed E-state index contributed by atoms with van der Waals surface area (Å²) in [6.45, 7) is 1.92. The predicted octanol–water partition coefficient (Wildman–Crippen LogP) is 3.36. The van der Waals surface area contributed by atoms with E-state index in [4.69, 9.17) is 17.0 Å². The number of nitrogens with one attached hydrogen (secondary N) is 1. The molecule has 0 aromatic rings. The summed E-state index contributed by atoms with van der Waals surface area (Å²) in [5, 5.41) is 7.73. The van der Waals surface area contributed by atoms with E-state index in [2.05, 4.69) is 4.99 Å². The zero-order valence-corrected chi connectivity index (χ0v) is 8.48. The Morgan fingerprint density at radius 3 is 3.00 bits per heavy atom. The van der Waals surface area contributed by atoms with Crippen LogP contribution >= 0.6 is 11.6 Å². The average molecular weight is 213 g/mol. The molecule has 0 radical (unpaired) electrons. The minimum absolute atomic E-state index is 0.161. The van der Waals surface area contributed by atoms with Crippen LogP contribution in [0.4, 0.5) is 4.39 Å². The van der Waals surface area contributed by atoms with Gasteiger partial charge in [-0.25, -0.2) is 9.38 Å². The normalized spacial score (nSPS) is 20.2. The Morgan fingerprint density at radius 1 is 1.64 bits per heavy atom. The number of aliphatic imine (C=N–C) groups is 1. The van der Waals surface area contributed by atoms with E-state index in [1.54, 1.807) is 6.08 Å². The van der Waals surface area contributed by atoms with E-state index < -0.39 is 5.83 Å². The quantitative estimate of drug-likeness (QED) is 0.538. The van der Waals surface area contributed by atoms with E-state index in [0.29, 0.717) is 0 Å². The van der Waals surface area contributed by atoms with Crippen molar-refractivity contribution in [3.05, 3.63) is 35.3 Å². The third kappa shape index (κ3) is 2.92. The summed E-state index contributed by atoms with van der Waals surface area (Å²) in [4.78, 5) is 3.91. The van der Waals surface area contributed by atoms with Gasteiger partial charge in [0.05, 0.1) is 11.4 Å². The molecule has 0 unspecified atom stereocenters. The highest BCUT2D eigenvalue weighted by atomic mass is 35.5. The van der Waals surface area contributed by atoms with Crippen molar-refractivity contribution >= 4 is 23.0 Å². The van der Waals surface area contributed by atoms with Crippen molar-refractivity contribution in [1.82, 2.24) is 0 Å². The zero-order chi connectivity index (χ0) is 10.6. The Morgan fingerprint density at radius 2 is 2.36 bits per heavy atom. The molecule has 0 spiro atoms. The van der Waals surface area contributed by atoms with Crippen molar-refractivity contribution in [3.8, 4) is 0 Å². The Labute approximate surface area is 87.0 Å². The Kier molecular flexibility index (Phi) is 3.77. The lowest BCUT2D eigenvalue weighted by Gasteiger charge is -2.03. The molecule has 1 N–H and O–H groups in total. The fraction of sp³-hybridized carbons (Fsp3) is 0.200. The first kappa shape index (κ1) is 10.9. The SMILES string of the molecule is CC/C=C(Cl)\N=C1\C=C(F)C=CC1=N. The Bertz CT molecular complexity index is 364. The molecule has 0 aliphatic heterocycles. The van der Waals surface area contributed by atoms with Crippen LogP contribution < -0.4 is 0 Å². The van der Waals surface area contributed by atoms with Crippen molar-refractivity contribution in [2.75, 3.05) is 0 Å². The van der Waals surface area contributed by atoms with Gasteiger partial charge in [-0.05, 0) is 24.6 Å². The van der Waals surface area contributed by atoms with Gasteiger partial charge < -0.3 is 0 Å². The van der Waals surface area contributed by atoms with Gasteiger partial charge in [0.2, 0.25) is 0 Å². The molecule has 2 nitrogen and oxygen atoms in total. The maximum absolute atomic E-state index is 12.8. The molecule has 14 heavy (non-hydrogen) atoms. The van der Waals surface area contributed by atoms with Crippen LogP contribution in [0.25, 0.3) is 0 Å². The summed E-state index contributed by atoms with van der Waals surface area (Å²) < 4.78 is 12.8. The number of hydrogen-bond acceptors (Lipinski definition) is 2. The molecule has 74 valence electrons. The smallest absolute Gasteiger partial charge is 0.125 e. The second-order valence-corrected chi connectivity index (χ2v) is 3.10. The number of hydrogen-bond donors (Lipinski definition) is 1. The first-order chi connectivity index (χ1) is 6.63. The summed E-state index contributed by atoms with van der Waals surface area (Å²) in [7, 11) is 0. The second-order valence-electron chi connectivity index (χ2n) is 2.71. The van der Waals surface area contributed by atoms with Crippen molar-refractivity contribution in [2.45, 2.75) is 13.3 Å². The monoisotopic (exact) mass is 212 g/mol. The maximum Gasteiger partial charge on any atom is 0.125 e. The van der Waals surface area contributed by atoms with Gasteiger partial charge in [-0.3, -0.25) is 5.41 Å². The van der Waals surface area contributed by atoms with Crippen LogP contribution in [-0.2, 0) is 0 Å². The number of nitrogens with zero attached hydrogens (tertiary/aromatic N) is 1. The largest absolute Gasteiger partial charge is 0.299 e. The third-order valence-electron chi connectivity index (χ3n) is 1.56. The predicted molar refractivity (Wildman–Crippen MR) is 57.7 cm³/mol. The molecule has 0 heterocycles. The highest BCUT2D eigenvalue weighted by molar-refractivity contribution is 6.51. The Balaban J connectivity index is 2.93. The standard InChI is InChI=1S/C10H10ClFN2/c1-2-3-10(11)14-9-6-7(12)4-5-8(9)13/h3-6,13H,2H2,1H3/b10-3-,13-8?,14-9-. The number of allylic oxidation sites excluding steroid dienone is 5. The average Bonchev–Trinajstić information content (AvgIpc) is 2.12. The van der Waals surface area contributed by atoms with E-state index in [9.17, 15) is 4.39 Å². The molecule has 0 fully saturated rings. The number of halogens is 2. The Hall–Kier alpha value is -1.22. The maximum atomic E-state index is 12.8. The molecule has 1 aliphatic carbocycles. The number of rotatable bonds is 2. The minimum atomic E-state index is -0.416. The molecule has 0 atom stereocenters. The summed E-state index contributed by atoms with van der Waals surface area (Å²) in [5.74, 6) is -0.416. The molecule has 1 rings (SSSR count). The van der Waals surface area contributed by atoms with E-state index in [1.807, 2.05) is 6.92 Å². The van der Waals surface area contributed by atoms with Gasteiger partial charge in [0, 0.05) is 6.08 Å². The van der Waals surface area contributed by atoms with Gasteiger partial charge in [-0.2, -0.15) is 0 Å². The lowest BCUT2D eigenvalue weighted by molar-refractivity contribution is 0.668. The second kappa shape index (κ2) is 4.86. The van der Waals surface area contributed by atoms with Gasteiger partial charge in [0.1, 0.15) is 11.0 Å². The molecular weight excluding hydrogens is 203 g/mol. The molecule has 0 amide bonds. The van der Waals surface area contributed by atoms with Crippen molar-refractivity contribution in [2.24, 2.45) is 4.99 Å². The molecule has 0 aromatic heterocycles. The van der Waals surface area contributed by atoms with Gasteiger partial charge in [-0.15, -0.1) is 0 Å². The van der Waals surface area contributed by atoms with E-state index in [0.717, 1.165) is 6.42 Å². The third-order valence-corrected chi connectivity index (χ3v) is 1.80. The summed E-state index contributed by atoms with van der Waals surface area (Å²) in [5.41, 5.74) is 0.411. The molecule has 0 bridgehead atoms. The lowest BCUT2D eigenvalue weighted by Crippen LogP contribution is -2.10. The summed E-state index contributed by atoms with van der Waals surface area (Å²) >= 11 is 5.73. The molecule has 0 aromatic carbocycles. The zero-order valence-electron chi connectivity index (χ0n) is 7.72. The summed E-state index contributed by atoms with van der Waals surface area (Å²) in [6, 6.07) is 0. The van der Waals surface area contributed by atoms with Crippen LogP contribution in [0.2, 0.25) is 0 Å². The van der Waals surface area contributed by atoms with Crippen molar-refractivity contribution in [1.29, 1.82) is 5.41 Å². The fourth-order valence-corrected chi connectivity index (χ4v) is 1.17. The fourth-order valence-electron chi connectivity index (χ4n) is 0.926. The van der Waals surface area contributed by atoms with Crippen molar-refractivity contribution < 1.29 is 4.39 Å². The van der Waals surface area contributed by atoms with Crippen LogP contribution in [0.3, 0.4) is 0 Å². The molecular formula is C10H10ClFN2. The van der Waals surface area contributed by atoms with Crippen LogP contribution in [0.5, 0.6) is 0 Å². The highest BCUT2D eigenvalue weighted by Gasteiger charge is 2.08. The van der Waals surface area contributed by atoms with Crippen LogP contribution in [0.15, 0.2) is 40.3 Å². The molecule has 4 heteroatoms. The van der Waals surface area contributed by atoms with Crippen LogP contribution in [-0.4, -0.2) is 11.4 Å². The first-order valence-corrected chi connectivity index (χ1v) is 4.60. The van der Waals surface area contributed by atoms with E-state index in [1.165, 1.54) is 18.2 Å². The first-order valence-electron chi connectivity index (χ1n) is 4.22. The molecule has 0 saturated carbocycles. The van der Waals surface area contributed by atoms with E-state index in [-0.39, 0.29) is 16.6 Å². The molecule has 0 saturated heterocycles. The minimum Gasteiger partial charge on any atom is -0.299 e. The van der Waals surface area contributed by atoms with E-state index >= 15 is 0 Å². The summed E-state index contributed by atoms with van der Waals surface area (Å²) in [6.07, 6.45) is 6.22. The van der Waals surface area contributed by atoms with Gasteiger partial charge >= 0.3 is 0 Å². The van der Waals surface area contributed by atoms with Gasteiger partial charge in [-0.1, -0.05) is 18.5 Å².